The monoisotopic (exact) mass is 197 g/mol. The molecule has 3 heteroatoms. The second-order valence-electron chi connectivity index (χ2n) is 2.55. The molecule has 1 nitrogen and oxygen atoms in total. The van der Waals surface area contributed by atoms with E-state index in [-0.39, 0.29) is 5.82 Å². The summed E-state index contributed by atoms with van der Waals surface area (Å²) in [5, 5.41) is 3.28. The fraction of sp³-hybridized carbons (Fsp3) is 0.200. The molecule has 0 radical (unpaired) electrons. The van der Waals surface area contributed by atoms with Crippen molar-refractivity contribution in [3.8, 4) is 12.3 Å². The van der Waals surface area contributed by atoms with E-state index in [9.17, 15) is 4.39 Å². The zero-order chi connectivity index (χ0) is 9.84. The van der Waals surface area contributed by atoms with E-state index in [0.717, 1.165) is 0 Å². The average Bonchev–Trinajstić information content (AvgIpc) is 2.13. The minimum absolute atomic E-state index is 0.346. The van der Waals surface area contributed by atoms with Gasteiger partial charge in [-0.15, -0.1) is 6.42 Å². The highest BCUT2D eigenvalue weighted by atomic mass is 35.5. The first kappa shape index (κ1) is 10.0. The summed E-state index contributed by atoms with van der Waals surface area (Å²) in [5.74, 6) is 2.08. The van der Waals surface area contributed by atoms with Gasteiger partial charge in [0.25, 0.3) is 0 Å². The lowest BCUT2D eigenvalue weighted by molar-refractivity contribution is 0.587. The Kier molecular flexibility index (Phi) is 3.30. The van der Waals surface area contributed by atoms with Crippen LogP contribution in [-0.2, 0) is 0 Å². The summed E-state index contributed by atoms with van der Waals surface area (Å²) in [6, 6.07) is 3.89. The summed E-state index contributed by atoms with van der Waals surface area (Å²) in [5.41, 5.74) is 0.400. The lowest BCUT2D eigenvalue weighted by atomic mass is 10.1. The number of hydrogen-bond donors (Lipinski definition) is 1. The first-order chi connectivity index (χ1) is 6.19. The van der Waals surface area contributed by atoms with Gasteiger partial charge in [-0.05, 0) is 25.2 Å². The second kappa shape index (κ2) is 4.27. The van der Waals surface area contributed by atoms with E-state index >= 15 is 0 Å². The van der Waals surface area contributed by atoms with E-state index < -0.39 is 6.04 Å². The first-order valence-electron chi connectivity index (χ1n) is 3.77. The van der Waals surface area contributed by atoms with Crippen LogP contribution in [0.25, 0.3) is 0 Å². The van der Waals surface area contributed by atoms with Gasteiger partial charge in [0.05, 0.1) is 6.04 Å². The molecule has 0 saturated carbocycles. The Morgan fingerprint density at radius 1 is 1.62 bits per heavy atom. The molecule has 0 heterocycles. The number of rotatable bonds is 2. The van der Waals surface area contributed by atoms with Crippen molar-refractivity contribution in [2.24, 2.45) is 0 Å². The lowest BCUT2D eigenvalue weighted by Gasteiger charge is -2.10. The van der Waals surface area contributed by atoms with Gasteiger partial charge in [-0.3, -0.25) is 0 Å². The molecule has 1 rings (SSSR count). The van der Waals surface area contributed by atoms with Crippen LogP contribution in [0, 0.1) is 18.2 Å². The second-order valence-corrected chi connectivity index (χ2v) is 2.99. The lowest BCUT2D eigenvalue weighted by Crippen LogP contribution is -2.15. The van der Waals surface area contributed by atoms with Crippen LogP contribution in [0.4, 0.5) is 4.39 Å². The van der Waals surface area contributed by atoms with E-state index in [1.807, 2.05) is 0 Å². The molecule has 1 aromatic carbocycles. The Hall–Kier alpha value is -1.04. The molecule has 0 aliphatic rings. The van der Waals surface area contributed by atoms with Gasteiger partial charge in [0.15, 0.2) is 0 Å². The SMILES string of the molecule is C#CC(NC)c1cc(Cl)ccc1F. The molecule has 0 aliphatic heterocycles. The summed E-state index contributed by atoms with van der Waals surface area (Å²) in [6.45, 7) is 0. The van der Waals surface area contributed by atoms with Crippen LogP contribution < -0.4 is 5.32 Å². The minimum Gasteiger partial charge on any atom is -0.303 e. The minimum atomic E-state index is -0.432. The quantitative estimate of drug-likeness (QED) is 0.718. The molecule has 0 saturated heterocycles. The summed E-state index contributed by atoms with van der Waals surface area (Å²) in [6.07, 6.45) is 5.21. The Labute approximate surface area is 81.9 Å². The zero-order valence-corrected chi connectivity index (χ0v) is 7.90. The molecular weight excluding hydrogens is 189 g/mol. The van der Waals surface area contributed by atoms with Gasteiger partial charge in [0, 0.05) is 10.6 Å². The standard InChI is InChI=1S/C10H9ClFN/c1-3-10(13-2)8-6-7(11)4-5-9(8)12/h1,4-6,10,13H,2H3. The van der Waals surface area contributed by atoms with Crippen LogP contribution in [0.15, 0.2) is 18.2 Å². The van der Waals surface area contributed by atoms with E-state index in [1.165, 1.54) is 18.2 Å². The summed E-state index contributed by atoms with van der Waals surface area (Å²) in [4.78, 5) is 0. The number of hydrogen-bond acceptors (Lipinski definition) is 1. The molecular formula is C10H9ClFN. The zero-order valence-electron chi connectivity index (χ0n) is 7.14. The molecule has 1 atom stereocenters. The van der Waals surface area contributed by atoms with E-state index in [4.69, 9.17) is 18.0 Å². The largest absolute Gasteiger partial charge is 0.303 e. The molecule has 0 bridgehead atoms. The van der Waals surface area contributed by atoms with Crippen LogP contribution in [0.3, 0.4) is 0 Å². The summed E-state index contributed by atoms with van der Waals surface area (Å²) >= 11 is 5.71. The van der Waals surface area contributed by atoms with Crippen molar-refractivity contribution in [1.82, 2.24) is 5.32 Å². The van der Waals surface area contributed by atoms with Crippen molar-refractivity contribution < 1.29 is 4.39 Å². The van der Waals surface area contributed by atoms with Crippen molar-refractivity contribution in [3.63, 3.8) is 0 Å². The van der Waals surface area contributed by atoms with Crippen molar-refractivity contribution in [2.75, 3.05) is 7.05 Å². The third-order valence-corrected chi connectivity index (χ3v) is 1.96. The topological polar surface area (TPSA) is 12.0 Å². The van der Waals surface area contributed by atoms with Crippen LogP contribution in [0.2, 0.25) is 5.02 Å². The molecule has 1 aromatic rings. The van der Waals surface area contributed by atoms with Gasteiger partial charge in [0.1, 0.15) is 5.82 Å². The number of halogens is 2. The van der Waals surface area contributed by atoms with Crippen molar-refractivity contribution in [2.45, 2.75) is 6.04 Å². The normalized spacial score (nSPS) is 12.2. The molecule has 0 aromatic heterocycles. The average molecular weight is 198 g/mol. The van der Waals surface area contributed by atoms with E-state index in [2.05, 4.69) is 11.2 Å². The van der Waals surface area contributed by atoms with Gasteiger partial charge in [-0.2, -0.15) is 0 Å². The van der Waals surface area contributed by atoms with Gasteiger partial charge in [0.2, 0.25) is 0 Å². The number of nitrogens with one attached hydrogen (secondary N) is 1. The van der Waals surface area contributed by atoms with Crippen molar-refractivity contribution in [3.05, 3.63) is 34.6 Å². The Morgan fingerprint density at radius 2 is 2.31 bits per heavy atom. The molecule has 1 unspecified atom stereocenters. The Bertz CT molecular complexity index is 343. The molecule has 1 N–H and O–H groups in total. The fourth-order valence-corrected chi connectivity index (χ4v) is 1.24. The van der Waals surface area contributed by atoms with Crippen molar-refractivity contribution >= 4 is 11.6 Å². The molecule has 0 fully saturated rings. The predicted molar refractivity (Wildman–Crippen MR) is 52.0 cm³/mol. The number of benzene rings is 1. The van der Waals surface area contributed by atoms with Crippen LogP contribution in [0.1, 0.15) is 11.6 Å². The Morgan fingerprint density at radius 3 is 2.85 bits per heavy atom. The molecule has 0 spiro atoms. The highest BCUT2D eigenvalue weighted by Crippen LogP contribution is 2.20. The summed E-state index contributed by atoms with van der Waals surface area (Å²) < 4.78 is 13.2. The van der Waals surface area contributed by atoms with Crippen LogP contribution in [-0.4, -0.2) is 7.05 Å². The van der Waals surface area contributed by atoms with Gasteiger partial charge in [-0.1, -0.05) is 17.5 Å². The fourth-order valence-electron chi connectivity index (χ4n) is 1.06. The van der Waals surface area contributed by atoms with Gasteiger partial charge in [-0.25, -0.2) is 4.39 Å². The maximum atomic E-state index is 13.2. The van der Waals surface area contributed by atoms with Gasteiger partial charge >= 0.3 is 0 Å². The third kappa shape index (κ3) is 2.21. The number of terminal acetylenes is 1. The smallest absolute Gasteiger partial charge is 0.129 e. The van der Waals surface area contributed by atoms with E-state index in [0.29, 0.717) is 10.6 Å². The highest BCUT2D eigenvalue weighted by Gasteiger charge is 2.11. The predicted octanol–water partition coefficient (Wildman–Crippen LogP) is 2.37. The summed E-state index contributed by atoms with van der Waals surface area (Å²) in [7, 11) is 1.67. The van der Waals surface area contributed by atoms with Gasteiger partial charge < -0.3 is 5.32 Å². The van der Waals surface area contributed by atoms with Crippen LogP contribution in [0.5, 0.6) is 0 Å². The Balaban J connectivity index is 3.13. The molecule has 13 heavy (non-hydrogen) atoms. The third-order valence-electron chi connectivity index (χ3n) is 1.72. The van der Waals surface area contributed by atoms with E-state index in [1.54, 1.807) is 7.05 Å². The van der Waals surface area contributed by atoms with Crippen LogP contribution >= 0.6 is 11.6 Å². The maximum absolute atomic E-state index is 13.2. The first-order valence-corrected chi connectivity index (χ1v) is 4.15. The molecule has 0 aliphatic carbocycles. The molecule has 0 amide bonds. The maximum Gasteiger partial charge on any atom is 0.129 e. The molecule has 68 valence electrons. The highest BCUT2D eigenvalue weighted by molar-refractivity contribution is 6.30. The van der Waals surface area contributed by atoms with Crippen molar-refractivity contribution in [1.29, 1.82) is 0 Å².